The van der Waals surface area contributed by atoms with E-state index in [-0.39, 0.29) is 11.4 Å². The highest BCUT2D eigenvalue weighted by atomic mass is 32.2. The molecule has 2 aromatic rings. The zero-order valence-electron chi connectivity index (χ0n) is 13.2. The summed E-state index contributed by atoms with van der Waals surface area (Å²) in [5.41, 5.74) is 1.82. The van der Waals surface area contributed by atoms with Crippen LogP contribution in [0.2, 0.25) is 0 Å². The fraction of sp³-hybridized carbons (Fsp3) is 0.250. The maximum absolute atomic E-state index is 13.0. The highest BCUT2D eigenvalue weighted by molar-refractivity contribution is 7.93. The molecule has 2 rings (SSSR count). The molecule has 0 atom stereocenters. The molecule has 0 saturated carbocycles. The van der Waals surface area contributed by atoms with Gasteiger partial charge in [0.25, 0.3) is 15.7 Å². The Balaban J connectivity index is 2.66. The smallest absolute Gasteiger partial charge is 0.266 e. The van der Waals surface area contributed by atoms with Crippen LogP contribution in [0.5, 0.6) is 0 Å². The Bertz CT molecular complexity index is 847. The number of nitro groups is 1. The maximum Gasteiger partial charge on any atom is 0.289 e. The van der Waals surface area contributed by atoms with Gasteiger partial charge in [-0.05, 0) is 44.0 Å². The summed E-state index contributed by atoms with van der Waals surface area (Å²) < 4.78 is 27.2. The molecular weight excluding hydrogens is 316 g/mol. The van der Waals surface area contributed by atoms with Crippen molar-refractivity contribution in [3.8, 4) is 0 Å². The van der Waals surface area contributed by atoms with Crippen LogP contribution in [0, 0.1) is 24.0 Å². The topological polar surface area (TPSA) is 80.5 Å². The Hall–Kier alpha value is -2.41. The van der Waals surface area contributed by atoms with Gasteiger partial charge >= 0.3 is 0 Å². The number of benzene rings is 2. The van der Waals surface area contributed by atoms with Gasteiger partial charge in [-0.3, -0.25) is 14.4 Å². The lowest BCUT2D eigenvalue weighted by Gasteiger charge is -2.24. The molecule has 0 heterocycles. The van der Waals surface area contributed by atoms with Crippen molar-refractivity contribution in [2.24, 2.45) is 0 Å². The average molecular weight is 334 g/mol. The van der Waals surface area contributed by atoms with Gasteiger partial charge in [-0.15, -0.1) is 0 Å². The number of hydrogen-bond acceptors (Lipinski definition) is 4. The Morgan fingerprint density at radius 1 is 1.13 bits per heavy atom. The van der Waals surface area contributed by atoms with Gasteiger partial charge in [0, 0.05) is 12.6 Å². The summed E-state index contributed by atoms with van der Waals surface area (Å²) in [6.45, 7) is 5.56. The molecule has 0 amide bonds. The van der Waals surface area contributed by atoms with Crippen LogP contribution < -0.4 is 4.31 Å². The van der Waals surface area contributed by atoms with Gasteiger partial charge in [0.15, 0.2) is 4.90 Å². The second kappa shape index (κ2) is 6.37. The number of nitrogens with zero attached hydrogens (tertiary/aromatic N) is 2. The minimum atomic E-state index is -4.03. The molecule has 0 aliphatic rings. The van der Waals surface area contributed by atoms with E-state index >= 15 is 0 Å². The predicted octanol–water partition coefficient (Wildman–Crippen LogP) is 3.43. The molecule has 122 valence electrons. The highest BCUT2D eigenvalue weighted by Crippen LogP contribution is 2.31. The van der Waals surface area contributed by atoms with Gasteiger partial charge in [-0.1, -0.05) is 24.3 Å². The zero-order valence-corrected chi connectivity index (χ0v) is 14.0. The fourth-order valence-corrected chi connectivity index (χ4v) is 4.09. The number of hydrogen-bond donors (Lipinski definition) is 0. The Labute approximate surface area is 135 Å². The second-order valence-electron chi connectivity index (χ2n) is 5.18. The van der Waals surface area contributed by atoms with Gasteiger partial charge < -0.3 is 0 Å². The molecule has 0 aliphatic heterocycles. The average Bonchev–Trinajstić information content (AvgIpc) is 2.51. The number of aryl methyl sites for hydroxylation is 2. The standard InChI is InChI=1S/C16H18N2O4S/c1-4-17(15-11-12(2)9-10-13(15)3)23(21,22)16-8-6-5-7-14(16)18(19)20/h5-11H,4H2,1-3H3. The first kappa shape index (κ1) is 17.0. The first-order valence-electron chi connectivity index (χ1n) is 7.12. The van der Waals surface area contributed by atoms with Crippen LogP contribution in [0.15, 0.2) is 47.4 Å². The van der Waals surface area contributed by atoms with E-state index in [1.54, 1.807) is 13.0 Å². The van der Waals surface area contributed by atoms with Crippen LogP contribution in [-0.4, -0.2) is 19.9 Å². The molecule has 23 heavy (non-hydrogen) atoms. The van der Waals surface area contributed by atoms with Gasteiger partial charge in [0.05, 0.1) is 10.6 Å². The number of sulfonamides is 1. The predicted molar refractivity (Wildman–Crippen MR) is 89.2 cm³/mol. The quantitative estimate of drug-likeness (QED) is 0.620. The molecule has 7 heteroatoms. The van der Waals surface area contributed by atoms with Crippen molar-refractivity contribution >= 4 is 21.4 Å². The van der Waals surface area contributed by atoms with Crippen LogP contribution in [0.25, 0.3) is 0 Å². The van der Waals surface area contributed by atoms with E-state index in [9.17, 15) is 18.5 Å². The molecule has 2 aromatic carbocycles. The summed E-state index contributed by atoms with van der Waals surface area (Å²) in [5, 5.41) is 11.2. The van der Waals surface area contributed by atoms with Crippen molar-refractivity contribution in [3.63, 3.8) is 0 Å². The third-order valence-corrected chi connectivity index (χ3v) is 5.49. The van der Waals surface area contributed by atoms with E-state index in [2.05, 4.69) is 0 Å². The van der Waals surface area contributed by atoms with Crippen LogP contribution in [0.1, 0.15) is 18.1 Å². The fourth-order valence-electron chi connectivity index (χ4n) is 2.40. The largest absolute Gasteiger partial charge is 0.289 e. The van der Waals surface area contributed by atoms with Crippen molar-refractivity contribution in [2.45, 2.75) is 25.7 Å². The van der Waals surface area contributed by atoms with Gasteiger partial charge in [-0.25, -0.2) is 8.42 Å². The lowest BCUT2D eigenvalue weighted by molar-refractivity contribution is -0.387. The third-order valence-electron chi connectivity index (χ3n) is 3.55. The minimum Gasteiger partial charge on any atom is -0.266 e. The monoisotopic (exact) mass is 334 g/mol. The summed E-state index contributed by atoms with van der Waals surface area (Å²) in [5.74, 6) is 0. The molecule has 0 saturated heterocycles. The normalized spacial score (nSPS) is 11.3. The van der Waals surface area contributed by atoms with Crippen LogP contribution in [-0.2, 0) is 10.0 Å². The van der Waals surface area contributed by atoms with Gasteiger partial charge in [0.1, 0.15) is 0 Å². The molecule has 0 aliphatic carbocycles. The molecule has 0 aromatic heterocycles. The number of anilines is 1. The maximum atomic E-state index is 13.0. The summed E-state index contributed by atoms with van der Waals surface area (Å²) >= 11 is 0. The molecule has 0 N–H and O–H groups in total. The molecule has 0 bridgehead atoms. The lowest BCUT2D eigenvalue weighted by Crippen LogP contribution is -2.31. The van der Waals surface area contributed by atoms with Gasteiger partial charge in [0.2, 0.25) is 0 Å². The van der Waals surface area contributed by atoms with Crippen LogP contribution in [0.4, 0.5) is 11.4 Å². The van der Waals surface area contributed by atoms with E-state index < -0.39 is 20.6 Å². The van der Waals surface area contributed by atoms with E-state index in [4.69, 9.17) is 0 Å². The lowest BCUT2D eigenvalue weighted by atomic mass is 10.1. The van der Waals surface area contributed by atoms with Crippen molar-refractivity contribution in [1.82, 2.24) is 0 Å². The first-order chi connectivity index (χ1) is 10.8. The molecule has 0 unspecified atom stereocenters. The molecule has 0 fully saturated rings. The second-order valence-corrected chi connectivity index (χ2v) is 7.02. The van der Waals surface area contributed by atoms with Crippen LogP contribution in [0.3, 0.4) is 0 Å². The van der Waals surface area contributed by atoms with Gasteiger partial charge in [-0.2, -0.15) is 0 Å². The summed E-state index contributed by atoms with van der Waals surface area (Å²) in [4.78, 5) is 10.2. The number of rotatable bonds is 5. The van der Waals surface area contributed by atoms with E-state index in [0.29, 0.717) is 5.69 Å². The van der Waals surface area contributed by atoms with E-state index in [1.807, 2.05) is 26.0 Å². The summed E-state index contributed by atoms with van der Waals surface area (Å²) in [6.07, 6.45) is 0. The van der Waals surface area contributed by atoms with Crippen molar-refractivity contribution in [1.29, 1.82) is 0 Å². The van der Waals surface area contributed by atoms with E-state index in [1.165, 1.54) is 28.6 Å². The summed E-state index contributed by atoms with van der Waals surface area (Å²) in [6, 6.07) is 10.9. The Morgan fingerprint density at radius 3 is 2.39 bits per heavy atom. The Morgan fingerprint density at radius 2 is 1.78 bits per heavy atom. The van der Waals surface area contributed by atoms with Crippen LogP contribution >= 0.6 is 0 Å². The number of nitro benzene ring substituents is 1. The van der Waals surface area contributed by atoms with Crippen molar-refractivity contribution < 1.29 is 13.3 Å². The minimum absolute atomic E-state index is 0.179. The highest BCUT2D eigenvalue weighted by Gasteiger charge is 2.31. The summed E-state index contributed by atoms with van der Waals surface area (Å²) in [7, 11) is -4.03. The van der Waals surface area contributed by atoms with E-state index in [0.717, 1.165) is 11.1 Å². The molecule has 0 spiro atoms. The third kappa shape index (κ3) is 3.19. The first-order valence-corrected chi connectivity index (χ1v) is 8.56. The zero-order chi connectivity index (χ0) is 17.2. The molecule has 6 nitrogen and oxygen atoms in total. The number of para-hydroxylation sites is 1. The Kier molecular flexibility index (Phi) is 4.70. The SMILES string of the molecule is CCN(c1cc(C)ccc1C)S(=O)(=O)c1ccccc1[N+](=O)[O-]. The van der Waals surface area contributed by atoms with Crippen molar-refractivity contribution in [2.75, 3.05) is 10.8 Å². The molecular formula is C16H18N2O4S. The van der Waals surface area contributed by atoms with Crippen molar-refractivity contribution in [3.05, 3.63) is 63.7 Å². The molecule has 0 radical (unpaired) electrons.